The van der Waals surface area contributed by atoms with Gasteiger partial charge < -0.3 is 19.9 Å². The molecule has 18 heavy (non-hydrogen) atoms. The summed E-state index contributed by atoms with van der Waals surface area (Å²) in [6.45, 7) is 4.53. The maximum Gasteiger partial charge on any atom is 0.0707 e. The first-order valence-corrected chi connectivity index (χ1v) is 7.38. The number of likely N-dealkylation sites (tertiary alicyclic amines) is 1. The summed E-state index contributed by atoms with van der Waals surface area (Å²) < 4.78 is 6.05. The van der Waals surface area contributed by atoms with Gasteiger partial charge in [0.05, 0.1) is 12.2 Å². The van der Waals surface area contributed by atoms with Gasteiger partial charge in [-0.2, -0.15) is 0 Å². The quantitative estimate of drug-likeness (QED) is 0.759. The second-order valence-corrected chi connectivity index (χ2v) is 6.01. The summed E-state index contributed by atoms with van der Waals surface area (Å²) in [4.78, 5) is 4.95. The third-order valence-electron chi connectivity index (χ3n) is 4.34. The van der Waals surface area contributed by atoms with E-state index in [1.165, 1.54) is 38.8 Å². The standard InChI is InChI=1S/C14H29N3O/c1-15-9-13-6-7-14(18-13)11-16(2)10-12-5-4-8-17(12)3/h12-15H,4-11H2,1-3H3. The van der Waals surface area contributed by atoms with E-state index in [9.17, 15) is 0 Å². The molecule has 0 aromatic heterocycles. The number of hydrogen-bond acceptors (Lipinski definition) is 4. The number of nitrogens with one attached hydrogen (secondary N) is 1. The van der Waals surface area contributed by atoms with E-state index in [0.717, 1.165) is 19.1 Å². The molecule has 0 aromatic carbocycles. The first kappa shape index (κ1) is 14.3. The average Bonchev–Trinajstić information content (AvgIpc) is 2.90. The fourth-order valence-electron chi connectivity index (χ4n) is 3.28. The number of nitrogens with zero attached hydrogens (tertiary/aromatic N) is 2. The molecule has 0 spiro atoms. The highest BCUT2D eigenvalue weighted by molar-refractivity contribution is 4.81. The van der Waals surface area contributed by atoms with Crippen molar-refractivity contribution >= 4 is 0 Å². The van der Waals surface area contributed by atoms with Gasteiger partial charge in [-0.15, -0.1) is 0 Å². The summed E-state index contributed by atoms with van der Waals surface area (Å²) in [5.74, 6) is 0. The summed E-state index contributed by atoms with van der Waals surface area (Å²) in [5, 5.41) is 3.20. The Bertz CT molecular complexity index is 249. The minimum Gasteiger partial charge on any atom is -0.372 e. The highest BCUT2D eigenvalue weighted by Gasteiger charge is 2.27. The Hall–Kier alpha value is -0.160. The van der Waals surface area contributed by atoms with Crippen molar-refractivity contribution in [2.24, 2.45) is 0 Å². The van der Waals surface area contributed by atoms with E-state index in [1.54, 1.807) is 0 Å². The molecule has 0 bridgehead atoms. The van der Waals surface area contributed by atoms with Gasteiger partial charge in [-0.3, -0.25) is 0 Å². The van der Waals surface area contributed by atoms with E-state index in [1.807, 2.05) is 7.05 Å². The van der Waals surface area contributed by atoms with Crippen LogP contribution in [0.5, 0.6) is 0 Å². The van der Waals surface area contributed by atoms with Crippen molar-refractivity contribution in [2.45, 2.75) is 43.9 Å². The van der Waals surface area contributed by atoms with Gasteiger partial charge in [-0.25, -0.2) is 0 Å². The molecule has 4 heteroatoms. The van der Waals surface area contributed by atoms with Crippen molar-refractivity contribution < 1.29 is 4.74 Å². The first-order chi connectivity index (χ1) is 8.69. The number of likely N-dealkylation sites (N-methyl/N-ethyl adjacent to an activating group) is 3. The van der Waals surface area contributed by atoms with Crippen LogP contribution in [0.1, 0.15) is 25.7 Å². The smallest absolute Gasteiger partial charge is 0.0707 e. The molecule has 2 fully saturated rings. The molecule has 0 amide bonds. The number of rotatable bonds is 6. The maximum atomic E-state index is 6.05. The van der Waals surface area contributed by atoms with Gasteiger partial charge in [-0.1, -0.05) is 0 Å². The van der Waals surface area contributed by atoms with Crippen LogP contribution in [0.3, 0.4) is 0 Å². The molecule has 2 heterocycles. The molecule has 3 atom stereocenters. The van der Waals surface area contributed by atoms with Crippen LogP contribution in [0.2, 0.25) is 0 Å². The van der Waals surface area contributed by atoms with Crippen LogP contribution in [0, 0.1) is 0 Å². The Morgan fingerprint density at radius 3 is 2.67 bits per heavy atom. The topological polar surface area (TPSA) is 27.7 Å². The highest BCUT2D eigenvalue weighted by atomic mass is 16.5. The van der Waals surface area contributed by atoms with Crippen LogP contribution in [0.4, 0.5) is 0 Å². The van der Waals surface area contributed by atoms with E-state index in [2.05, 4.69) is 29.2 Å². The van der Waals surface area contributed by atoms with Crippen molar-refractivity contribution in [3.63, 3.8) is 0 Å². The predicted molar refractivity (Wildman–Crippen MR) is 75.0 cm³/mol. The molecule has 0 aliphatic carbocycles. The van der Waals surface area contributed by atoms with Gasteiger partial charge in [0.1, 0.15) is 0 Å². The molecular formula is C14H29N3O. The molecule has 4 nitrogen and oxygen atoms in total. The Labute approximate surface area is 112 Å². The normalized spacial score (nSPS) is 33.7. The molecular weight excluding hydrogens is 226 g/mol. The monoisotopic (exact) mass is 255 g/mol. The van der Waals surface area contributed by atoms with Crippen LogP contribution >= 0.6 is 0 Å². The zero-order valence-corrected chi connectivity index (χ0v) is 12.2. The lowest BCUT2D eigenvalue weighted by Crippen LogP contribution is -2.40. The van der Waals surface area contributed by atoms with Gasteiger partial charge >= 0.3 is 0 Å². The Balaban J connectivity index is 1.66. The molecule has 2 aliphatic heterocycles. The highest BCUT2D eigenvalue weighted by Crippen LogP contribution is 2.21. The van der Waals surface area contributed by atoms with Crippen molar-refractivity contribution in [3.8, 4) is 0 Å². The fraction of sp³-hybridized carbons (Fsp3) is 1.00. The zero-order valence-electron chi connectivity index (χ0n) is 12.2. The molecule has 2 aliphatic rings. The minimum atomic E-state index is 0.433. The van der Waals surface area contributed by atoms with Gasteiger partial charge in [-0.05, 0) is 53.4 Å². The molecule has 0 saturated carbocycles. The summed E-state index contributed by atoms with van der Waals surface area (Å²) in [6.07, 6.45) is 6.02. The van der Waals surface area contributed by atoms with E-state index >= 15 is 0 Å². The van der Waals surface area contributed by atoms with Crippen molar-refractivity contribution in [1.82, 2.24) is 15.1 Å². The fourth-order valence-corrected chi connectivity index (χ4v) is 3.28. The molecule has 2 rings (SSSR count). The van der Waals surface area contributed by atoms with E-state index < -0.39 is 0 Å². The lowest BCUT2D eigenvalue weighted by molar-refractivity contribution is 0.0257. The molecule has 3 unspecified atom stereocenters. The minimum absolute atomic E-state index is 0.433. The Morgan fingerprint density at radius 2 is 2.00 bits per heavy atom. The third-order valence-corrected chi connectivity index (χ3v) is 4.34. The largest absolute Gasteiger partial charge is 0.372 e. The van der Waals surface area contributed by atoms with E-state index in [0.29, 0.717) is 12.2 Å². The molecule has 0 radical (unpaired) electrons. The second-order valence-electron chi connectivity index (χ2n) is 6.01. The summed E-state index contributed by atoms with van der Waals surface area (Å²) in [6, 6.07) is 0.754. The van der Waals surface area contributed by atoms with E-state index in [4.69, 9.17) is 4.74 Å². The van der Waals surface area contributed by atoms with Crippen LogP contribution in [0.25, 0.3) is 0 Å². The molecule has 1 N–H and O–H groups in total. The molecule has 0 aromatic rings. The molecule has 2 saturated heterocycles. The number of hydrogen-bond donors (Lipinski definition) is 1. The van der Waals surface area contributed by atoms with Crippen molar-refractivity contribution in [2.75, 3.05) is 47.3 Å². The summed E-state index contributed by atoms with van der Waals surface area (Å²) in [5.41, 5.74) is 0. The van der Waals surface area contributed by atoms with Crippen molar-refractivity contribution in [3.05, 3.63) is 0 Å². The SMILES string of the molecule is CNCC1CCC(CN(C)CC2CCCN2C)O1. The van der Waals surface area contributed by atoms with Crippen LogP contribution in [0.15, 0.2) is 0 Å². The zero-order chi connectivity index (χ0) is 13.0. The Morgan fingerprint density at radius 1 is 1.22 bits per heavy atom. The maximum absolute atomic E-state index is 6.05. The van der Waals surface area contributed by atoms with Gasteiger partial charge in [0.2, 0.25) is 0 Å². The Kier molecular flexibility index (Phi) is 5.42. The number of ether oxygens (including phenoxy) is 1. The first-order valence-electron chi connectivity index (χ1n) is 7.38. The van der Waals surface area contributed by atoms with E-state index in [-0.39, 0.29) is 0 Å². The van der Waals surface area contributed by atoms with Crippen molar-refractivity contribution in [1.29, 1.82) is 0 Å². The summed E-state index contributed by atoms with van der Waals surface area (Å²) in [7, 11) is 6.49. The third kappa shape index (κ3) is 3.92. The lowest BCUT2D eigenvalue weighted by atomic mass is 10.1. The van der Waals surface area contributed by atoms with Gasteiger partial charge in [0.25, 0.3) is 0 Å². The molecule has 106 valence electrons. The summed E-state index contributed by atoms with van der Waals surface area (Å²) >= 11 is 0. The van der Waals surface area contributed by atoms with Crippen LogP contribution < -0.4 is 5.32 Å². The average molecular weight is 255 g/mol. The van der Waals surface area contributed by atoms with Crippen LogP contribution in [-0.2, 0) is 4.74 Å². The van der Waals surface area contributed by atoms with Gasteiger partial charge in [0, 0.05) is 25.7 Å². The van der Waals surface area contributed by atoms with Gasteiger partial charge in [0.15, 0.2) is 0 Å². The lowest BCUT2D eigenvalue weighted by Gasteiger charge is -2.27. The van der Waals surface area contributed by atoms with Crippen LogP contribution in [-0.4, -0.2) is 75.4 Å². The predicted octanol–water partition coefficient (Wildman–Crippen LogP) is 0.779. The second kappa shape index (κ2) is 6.85.